The van der Waals surface area contributed by atoms with Gasteiger partial charge in [-0.3, -0.25) is 9.59 Å². The predicted octanol–water partition coefficient (Wildman–Crippen LogP) is 13.6. The Labute approximate surface area is 443 Å². The number of ketones is 1. The van der Waals surface area contributed by atoms with Gasteiger partial charge >= 0.3 is 6.09 Å². The van der Waals surface area contributed by atoms with Gasteiger partial charge in [0, 0.05) is 27.4 Å². The van der Waals surface area contributed by atoms with Gasteiger partial charge in [0.05, 0.1) is 19.2 Å². The zero-order valence-electron chi connectivity index (χ0n) is 47.0. The molecule has 73 heavy (non-hydrogen) atoms. The summed E-state index contributed by atoms with van der Waals surface area (Å²) in [7, 11) is 3.32. The number of ether oxygens (including phenoxy) is 1. The number of piperidine rings is 3. The van der Waals surface area contributed by atoms with Crippen LogP contribution in [0.25, 0.3) is 0 Å². The van der Waals surface area contributed by atoms with Crippen LogP contribution in [0.5, 0.6) is 0 Å². The second-order valence-electron chi connectivity index (χ2n) is 25.5. The molecule has 2 atom stereocenters. The summed E-state index contributed by atoms with van der Waals surface area (Å²) in [6.07, 6.45) is 20.2. The highest BCUT2D eigenvalue weighted by Crippen LogP contribution is 2.51. The molecule has 9 heteroatoms. The molecule has 2 amide bonds. The minimum atomic E-state index is -0.247. The van der Waals surface area contributed by atoms with Crippen LogP contribution < -0.4 is 5.32 Å². The summed E-state index contributed by atoms with van der Waals surface area (Å²) in [6, 6.07) is 26.2. The van der Waals surface area contributed by atoms with Crippen molar-refractivity contribution in [2.45, 2.75) is 180 Å². The Morgan fingerprint density at radius 3 is 1.63 bits per heavy atom. The SMILES string of the molecule is C=CCCCN1CCC2(CC[C@H](NC(C)=O)c3ccccc32)CC1.CC(C)(C)CCN1CCC2(CCC(=O)c3ccccc32)CC1.COC(=O)N(C)[C@H]1CCC2(CCN(CCC(C)(C)C)CC2)c2ccccc21.[HH]. The second-order valence-corrected chi connectivity index (χ2v) is 25.5. The Kier molecular flexibility index (Phi) is 19.0. The maximum absolute atomic E-state index is 12.2. The number of carbonyl (C=O) groups is 3. The number of hydrogen-bond donors (Lipinski definition) is 1. The van der Waals surface area contributed by atoms with Crippen molar-refractivity contribution in [1.29, 1.82) is 0 Å². The van der Waals surface area contributed by atoms with Crippen LogP contribution in [0.2, 0.25) is 0 Å². The summed E-state index contributed by atoms with van der Waals surface area (Å²) >= 11 is 0. The van der Waals surface area contributed by atoms with E-state index in [0.29, 0.717) is 22.0 Å². The topological polar surface area (TPSA) is 85.4 Å². The van der Waals surface area contributed by atoms with Crippen LogP contribution in [0.1, 0.15) is 203 Å². The van der Waals surface area contributed by atoms with E-state index in [0.717, 1.165) is 44.1 Å². The van der Waals surface area contributed by atoms with Crippen LogP contribution >= 0.6 is 0 Å². The number of fused-ring (bicyclic) bond motifs is 6. The lowest BCUT2D eigenvalue weighted by atomic mass is 9.63. The Morgan fingerprint density at radius 2 is 1.12 bits per heavy atom. The molecule has 3 aromatic rings. The molecular weight excluding hydrogens is 903 g/mol. The van der Waals surface area contributed by atoms with Crippen LogP contribution in [0.3, 0.4) is 0 Å². The van der Waals surface area contributed by atoms with Crippen LogP contribution in [-0.2, 0) is 25.8 Å². The van der Waals surface area contributed by atoms with E-state index in [1.807, 2.05) is 25.3 Å². The van der Waals surface area contributed by atoms with Crippen LogP contribution in [0.15, 0.2) is 85.5 Å². The van der Waals surface area contributed by atoms with E-state index in [1.165, 1.54) is 158 Å². The van der Waals surface area contributed by atoms with Crippen LogP contribution in [-0.4, -0.2) is 110 Å². The number of nitrogens with zero attached hydrogens (tertiary/aromatic N) is 4. The molecule has 0 unspecified atom stereocenters. The third-order valence-electron chi connectivity index (χ3n) is 18.2. The molecule has 3 aliphatic carbocycles. The smallest absolute Gasteiger partial charge is 0.409 e. The molecule has 0 bridgehead atoms. The molecule has 3 saturated heterocycles. The molecule has 402 valence electrons. The molecule has 9 rings (SSSR count). The highest BCUT2D eigenvalue weighted by atomic mass is 16.5. The minimum absolute atomic E-state index is 0. The molecule has 1 N–H and O–H groups in total. The maximum atomic E-state index is 12.2. The van der Waals surface area contributed by atoms with E-state index in [9.17, 15) is 14.4 Å². The van der Waals surface area contributed by atoms with Gasteiger partial charge in [-0.2, -0.15) is 0 Å². The molecule has 3 heterocycles. The first-order chi connectivity index (χ1) is 34.8. The summed E-state index contributed by atoms with van der Waals surface area (Å²) in [5.41, 5.74) is 9.63. The minimum Gasteiger partial charge on any atom is -0.453 e. The summed E-state index contributed by atoms with van der Waals surface area (Å²) < 4.78 is 4.97. The first-order valence-corrected chi connectivity index (χ1v) is 28.5. The quantitative estimate of drug-likeness (QED) is 0.160. The zero-order chi connectivity index (χ0) is 52.4. The van der Waals surface area contributed by atoms with E-state index >= 15 is 0 Å². The fourth-order valence-corrected chi connectivity index (χ4v) is 13.5. The number of likely N-dealkylation sites (tertiary alicyclic amines) is 3. The van der Waals surface area contributed by atoms with Gasteiger partial charge in [-0.15, -0.1) is 6.58 Å². The second kappa shape index (κ2) is 24.6. The normalized spacial score (nSPS) is 22.3. The third kappa shape index (κ3) is 14.1. The molecule has 3 fully saturated rings. The van der Waals surface area contributed by atoms with Gasteiger partial charge in [0.2, 0.25) is 5.91 Å². The van der Waals surface area contributed by atoms with Crippen molar-refractivity contribution in [3.8, 4) is 0 Å². The number of rotatable bonds is 10. The molecule has 3 spiro atoms. The Bertz CT molecular complexity index is 2310. The maximum Gasteiger partial charge on any atom is 0.409 e. The van der Waals surface area contributed by atoms with Crippen LogP contribution in [0.4, 0.5) is 4.79 Å². The first-order valence-electron chi connectivity index (χ1n) is 28.5. The summed E-state index contributed by atoms with van der Waals surface area (Å²) in [5, 5.41) is 3.14. The van der Waals surface area contributed by atoms with Crippen LogP contribution in [0, 0.1) is 10.8 Å². The monoisotopic (exact) mass is 1000 g/mol. The Hall–Kier alpha value is -4.31. The number of hydrogen-bond acceptors (Lipinski definition) is 7. The van der Waals surface area contributed by atoms with E-state index in [-0.39, 0.29) is 36.3 Å². The summed E-state index contributed by atoms with van der Waals surface area (Å²) in [4.78, 5) is 45.4. The number of unbranched alkanes of at least 4 members (excludes halogenated alkanes) is 1. The summed E-state index contributed by atoms with van der Waals surface area (Å²) in [6.45, 7) is 30.1. The van der Waals surface area contributed by atoms with Crippen molar-refractivity contribution in [3.05, 3.63) is 119 Å². The van der Waals surface area contributed by atoms with Gasteiger partial charge in [0.25, 0.3) is 0 Å². The number of carbonyl (C=O) groups excluding carboxylic acids is 3. The molecule has 0 aromatic heterocycles. The lowest BCUT2D eigenvalue weighted by Crippen LogP contribution is -2.47. The number of amides is 2. The Morgan fingerprint density at radius 1 is 0.671 bits per heavy atom. The molecule has 9 nitrogen and oxygen atoms in total. The molecule has 3 aliphatic heterocycles. The van der Waals surface area contributed by atoms with E-state index in [2.05, 4.69) is 129 Å². The number of methoxy groups -OCH3 is 1. The number of allylic oxidation sites excluding steroid dienone is 1. The van der Waals surface area contributed by atoms with E-state index in [4.69, 9.17) is 4.74 Å². The van der Waals surface area contributed by atoms with Crippen molar-refractivity contribution in [2.75, 3.05) is 73.1 Å². The first kappa shape index (κ1) is 56.4. The average Bonchev–Trinajstić information content (AvgIpc) is 3.38. The highest BCUT2D eigenvalue weighted by molar-refractivity contribution is 5.99. The highest BCUT2D eigenvalue weighted by Gasteiger charge is 2.45. The van der Waals surface area contributed by atoms with Gasteiger partial charge in [-0.05, 0) is 210 Å². The average molecular weight is 1000 g/mol. The molecule has 3 aromatic carbocycles. The van der Waals surface area contributed by atoms with Crippen molar-refractivity contribution in [1.82, 2.24) is 24.9 Å². The lowest BCUT2D eigenvalue weighted by molar-refractivity contribution is -0.119. The van der Waals surface area contributed by atoms with Crippen molar-refractivity contribution in [3.63, 3.8) is 0 Å². The Balaban J connectivity index is 0.000000180. The van der Waals surface area contributed by atoms with Crippen molar-refractivity contribution >= 4 is 17.8 Å². The lowest BCUT2D eigenvalue weighted by Gasteiger charge is -2.48. The standard InChI is InChI=1S/C23H36N2O2.C21H30N2O.C20H29NO.H2/c1-22(2,3)12-15-25-16-13-23(14-17-25)11-10-20(24(4)21(26)27-5)18-8-6-7-9-19(18)23;1-3-4-7-14-23-15-12-21(13-16-23)11-10-20(22-17(2)24)18-8-5-6-9-19(18)21;1-19(2,3)10-13-21-14-11-20(12-15-21)9-8-18(22)16-6-4-5-7-17(16)20;/h6-9,20H,10-17H2,1-5H3;3,5-6,8-9,20H,1,4,7,10-16H2,2H3,(H,22,24);4-7H,8-15H2,1-3H3;1H/t2*20-;;/m00../s1. The largest absolute Gasteiger partial charge is 0.453 e. The number of nitrogens with one attached hydrogen (secondary N) is 1. The molecule has 6 aliphatic rings. The van der Waals surface area contributed by atoms with Crippen molar-refractivity contribution < 1.29 is 20.5 Å². The van der Waals surface area contributed by atoms with Crippen molar-refractivity contribution in [2.24, 2.45) is 10.8 Å². The predicted molar refractivity (Wildman–Crippen MR) is 303 cm³/mol. The fraction of sp³-hybridized carbons (Fsp3) is 0.641. The summed E-state index contributed by atoms with van der Waals surface area (Å²) in [5.74, 6) is 0.416. The number of benzene rings is 3. The fourth-order valence-electron chi connectivity index (χ4n) is 13.5. The van der Waals surface area contributed by atoms with Gasteiger partial charge in [0.1, 0.15) is 0 Å². The third-order valence-corrected chi connectivity index (χ3v) is 18.2. The molecular formula is C64H97N5O4. The van der Waals surface area contributed by atoms with E-state index in [1.54, 1.807) is 11.8 Å². The molecule has 0 radical (unpaired) electrons. The number of Topliss-reactive ketones (excluding diaryl/α,β-unsaturated/α-hetero) is 1. The van der Waals surface area contributed by atoms with Gasteiger partial charge in [0.15, 0.2) is 5.78 Å². The van der Waals surface area contributed by atoms with E-state index < -0.39 is 0 Å². The zero-order valence-corrected chi connectivity index (χ0v) is 47.0. The van der Waals surface area contributed by atoms with Gasteiger partial charge < -0.3 is 29.7 Å². The van der Waals surface area contributed by atoms with Gasteiger partial charge in [-0.1, -0.05) is 120 Å². The molecule has 0 saturated carbocycles. The van der Waals surface area contributed by atoms with Gasteiger partial charge in [-0.25, -0.2) is 4.79 Å².